The highest BCUT2D eigenvalue weighted by Gasteiger charge is 2.42. The highest BCUT2D eigenvalue weighted by molar-refractivity contribution is 7.89. The first-order valence-corrected chi connectivity index (χ1v) is 11.6. The predicted molar refractivity (Wildman–Crippen MR) is 119 cm³/mol. The van der Waals surface area contributed by atoms with Gasteiger partial charge >= 0.3 is 5.97 Å². The summed E-state index contributed by atoms with van der Waals surface area (Å²) < 4.78 is 38.2. The molecule has 1 aromatic heterocycles. The summed E-state index contributed by atoms with van der Waals surface area (Å²) in [6, 6.07) is 13.5. The molecule has 4 rings (SSSR count). The summed E-state index contributed by atoms with van der Waals surface area (Å²) in [6.07, 6.45) is 0. The number of aliphatic carboxylic acids is 1. The van der Waals surface area contributed by atoms with Gasteiger partial charge in [0.05, 0.1) is 18.6 Å². The number of ether oxygens (including phenoxy) is 1. The van der Waals surface area contributed by atoms with Crippen LogP contribution in [0.4, 0.5) is 5.69 Å². The lowest BCUT2D eigenvalue weighted by atomic mass is 10.1. The summed E-state index contributed by atoms with van der Waals surface area (Å²) >= 11 is 5.80. The van der Waals surface area contributed by atoms with Crippen LogP contribution < -0.4 is 9.64 Å². The zero-order chi connectivity index (χ0) is 23.8. The van der Waals surface area contributed by atoms with Crippen LogP contribution in [0, 0.1) is 0 Å². The standard InChI is InChI=1S/C22H19ClN2O7S/c1-31-15-6-8-16(9-7-15)33(29,30)25-12-14-4-2-3-5-17(14)24(13-18(25)22(27)28)21(26)19-10-11-20(23)32-19/h2-11,18H,12-13H2,1H3,(H,27,28). The molecule has 0 saturated heterocycles. The zero-order valence-electron chi connectivity index (χ0n) is 17.3. The second-order valence-corrected chi connectivity index (χ2v) is 9.49. The quantitative estimate of drug-likeness (QED) is 0.583. The number of para-hydroxylation sites is 1. The molecular weight excluding hydrogens is 472 g/mol. The van der Waals surface area contributed by atoms with Crippen LogP contribution in [0.2, 0.25) is 5.22 Å². The van der Waals surface area contributed by atoms with Crippen molar-refractivity contribution in [2.24, 2.45) is 0 Å². The van der Waals surface area contributed by atoms with Gasteiger partial charge in [-0.2, -0.15) is 4.31 Å². The number of rotatable bonds is 5. The second-order valence-electron chi connectivity index (χ2n) is 7.23. The van der Waals surface area contributed by atoms with E-state index in [1.165, 1.54) is 48.4 Å². The van der Waals surface area contributed by atoms with E-state index in [4.69, 9.17) is 20.8 Å². The molecule has 2 heterocycles. The van der Waals surface area contributed by atoms with E-state index in [1.54, 1.807) is 24.3 Å². The average Bonchev–Trinajstić information content (AvgIpc) is 3.15. The molecule has 1 unspecified atom stereocenters. The van der Waals surface area contributed by atoms with Gasteiger partial charge in [-0.15, -0.1) is 0 Å². The van der Waals surface area contributed by atoms with Gasteiger partial charge in [0.25, 0.3) is 5.91 Å². The number of methoxy groups -OCH3 is 1. The normalized spacial score (nSPS) is 16.7. The third-order valence-corrected chi connectivity index (χ3v) is 7.36. The third-order valence-electron chi connectivity index (χ3n) is 5.29. The predicted octanol–water partition coefficient (Wildman–Crippen LogP) is 3.25. The molecule has 33 heavy (non-hydrogen) atoms. The minimum absolute atomic E-state index is 0.0000447. The molecular formula is C22H19ClN2O7S. The lowest BCUT2D eigenvalue weighted by molar-refractivity contribution is -0.141. The molecule has 1 amide bonds. The Kier molecular flexibility index (Phi) is 6.15. The Morgan fingerprint density at radius 2 is 1.79 bits per heavy atom. The number of halogens is 1. The Balaban J connectivity index is 1.80. The molecule has 1 aliphatic heterocycles. The van der Waals surface area contributed by atoms with Crippen molar-refractivity contribution in [3.63, 3.8) is 0 Å². The number of benzene rings is 2. The van der Waals surface area contributed by atoms with Gasteiger partial charge in [-0.3, -0.25) is 9.59 Å². The fourth-order valence-corrected chi connectivity index (χ4v) is 5.34. The second kappa shape index (κ2) is 8.89. The van der Waals surface area contributed by atoms with Gasteiger partial charge in [0.2, 0.25) is 10.0 Å². The van der Waals surface area contributed by atoms with Crippen molar-refractivity contribution in [1.29, 1.82) is 0 Å². The molecule has 9 nitrogen and oxygen atoms in total. The topological polar surface area (TPSA) is 117 Å². The van der Waals surface area contributed by atoms with Crippen molar-refractivity contribution in [3.8, 4) is 5.75 Å². The van der Waals surface area contributed by atoms with Gasteiger partial charge in [0.1, 0.15) is 11.8 Å². The number of anilines is 1. The summed E-state index contributed by atoms with van der Waals surface area (Å²) in [7, 11) is -2.79. The molecule has 0 bridgehead atoms. The van der Waals surface area contributed by atoms with Crippen molar-refractivity contribution in [1.82, 2.24) is 4.31 Å². The fourth-order valence-electron chi connectivity index (χ4n) is 3.64. The summed E-state index contributed by atoms with van der Waals surface area (Å²) in [4.78, 5) is 26.5. The van der Waals surface area contributed by atoms with Crippen LogP contribution in [0.25, 0.3) is 0 Å². The number of sulfonamides is 1. The van der Waals surface area contributed by atoms with Gasteiger partial charge in [0, 0.05) is 12.2 Å². The number of nitrogens with zero attached hydrogens (tertiary/aromatic N) is 2. The minimum atomic E-state index is -4.24. The lowest BCUT2D eigenvalue weighted by Crippen LogP contribution is -2.50. The summed E-state index contributed by atoms with van der Waals surface area (Å²) in [5.74, 6) is -1.66. The monoisotopic (exact) mass is 490 g/mol. The molecule has 0 radical (unpaired) electrons. The summed E-state index contributed by atoms with van der Waals surface area (Å²) in [6.45, 7) is -0.678. The first kappa shape index (κ1) is 22.8. The van der Waals surface area contributed by atoms with Crippen LogP contribution in [0.15, 0.2) is 70.0 Å². The summed E-state index contributed by atoms with van der Waals surface area (Å²) in [5.41, 5.74) is 0.845. The molecule has 1 N–H and O–H groups in total. The van der Waals surface area contributed by atoms with Gasteiger partial charge in [-0.25, -0.2) is 8.42 Å². The number of carboxylic acids is 1. The highest BCUT2D eigenvalue weighted by Crippen LogP contribution is 2.33. The maximum Gasteiger partial charge on any atom is 0.323 e. The Labute approximate surface area is 194 Å². The molecule has 172 valence electrons. The molecule has 2 aromatic carbocycles. The molecule has 1 aliphatic rings. The molecule has 0 aliphatic carbocycles. The van der Waals surface area contributed by atoms with Crippen LogP contribution in [0.5, 0.6) is 5.75 Å². The molecule has 0 fully saturated rings. The van der Waals surface area contributed by atoms with E-state index >= 15 is 0 Å². The molecule has 3 aromatic rings. The number of hydrogen-bond acceptors (Lipinski definition) is 6. The van der Waals surface area contributed by atoms with E-state index in [2.05, 4.69) is 0 Å². The number of hydrogen-bond donors (Lipinski definition) is 1. The maximum atomic E-state index is 13.5. The number of carboxylic acid groups (broad SMARTS) is 1. The number of fused-ring (bicyclic) bond motifs is 1. The molecule has 0 spiro atoms. The van der Waals surface area contributed by atoms with E-state index in [0.29, 0.717) is 17.0 Å². The van der Waals surface area contributed by atoms with Crippen LogP contribution >= 0.6 is 11.6 Å². The van der Waals surface area contributed by atoms with E-state index in [9.17, 15) is 23.1 Å². The fraction of sp³-hybridized carbons (Fsp3) is 0.182. The minimum Gasteiger partial charge on any atom is -0.497 e. The molecule has 11 heteroatoms. The molecule has 0 saturated carbocycles. The number of carbonyl (C=O) groups is 2. The smallest absolute Gasteiger partial charge is 0.323 e. The van der Waals surface area contributed by atoms with Crippen LogP contribution in [-0.4, -0.2) is 49.4 Å². The van der Waals surface area contributed by atoms with E-state index in [0.717, 1.165) is 4.31 Å². The maximum absolute atomic E-state index is 13.5. The molecule has 1 atom stereocenters. The van der Waals surface area contributed by atoms with E-state index < -0.39 is 34.5 Å². The van der Waals surface area contributed by atoms with Gasteiger partial charge < -0.3 is 19.2 Å². The average molecular weight is 491 g/mol. The van der Waals surface area contributed by atoms with Gasteiger partial charge in [-0.1, -0.05) is 18.2 Å². The van der Waals surface area contributed by atoms with Crippen molar-refractivity contribution in [2.45, 2.75) is 17.5 Å². The van der Waals surface area contributed by atoms with Gasteiger partial charge in [0.15, 0.2) is 11.0 Å². The Morgan fingerprint density at radius 3 is 2.39 bits per heavy atom. The number of amides is 1. The first-order chi connectivity index (χ1) is 15.7. The highest BCUT2D eigenvalue weighted by atomic mass is 35.5. The zero-order valence-corrected chi connectivity index (χ0v) is 18.9. The van der Waals surface area contributed by atoms with Gasteiger partial charge in [-0.05, 0) is 59.6 Å². The number of furan rings is 1. The van der Waals surface area contributed by atoms with Crippen molar-refractivity contribution < 1.29 is 32.3 Å². The third kappa shape index (κ3) is 4.32. The lowest BCUT2D eigenvalue weighted by Gasteiger charge is -2.28. The largest absolute Gasteiger partial charge is 0.497 e. The SMILES string of the molecule is COc1ccc(S(=O)(=O)N2Cc3ccccc3N(C(=O)c3ccc(Cl)o3)CC2C(=O)O)cc1. The van der Waals surface area contributed by atoms with E-state index in [-0.39, 0.29) is 22.4 Å². The van der Waals surface area contributed by atoms with Crippen molar-refractivity contribution in [3.05, 3.63) is 77.2 Å². The Hall–Kier alpha value is -3.34. The van der Waals surface area contributed by atoms with Crippen LogP contribution in [0.1, 0.15) is 16.1 Å². The van der Waals surface area contributed by atoms with Crippen molar-refractivity contribution in [2.75, 3.05) is 18.6 Å². The van der Waals surface area contributed by atoms with Crippen molar-refractivity contribution >= 4 is 39.2 Å². The summed E-state index contributed by atoms with van der Waals surface area (Å²) in [5, 5.41) is 9.97. The van der Waals surface area contributed by atoms with Crippen LogP contribution in [-0.2, 0) is 21.4 Å². The van der Waals surface area contributed by atoms with E-state index in [1.807, 2.05) is 0 Å². The number of carbonyl (C=O) groups excluding carboxylic acids is 1. The Morgan fingerprint density at radius 1 is 1.09 bits per heavy atom. The Bertz CT molecular complexity index is 1300. The van der Waals surface area contributed by atoms with Crippen LogP contribution in [0.3, 0.4) is 0 Å². The first-order valence-electron chi connectivity index (χ1n) is 9.76.